The molecule has 0 saturated heterocycles. The molecule has 2 nitrogen and oxygen atoms in total. The van der Waals surface area contributed by atoms with Crippen LogP contribution in [0.5, 0.6) is 0 Å². The normalized spacial score (nSPS) is 40.6. The fourth-order valence-corrected chi connectivity index (χ4v) is 2.10. The fourth-order valence-electron chi connectivity index (χ4n) is 2.10. The van der Waals surface area contributed by atoms with E-state index in [1.807, 2.05) is 0 Å². The minimum absolute atomic E-state index is 0.380. The van der Waals surface area contributed by atoms with E-state index >= 15 is 0 Å². The van der Waals surface area contributed by atoms with Gasteiger partial charge in [0.1, 0.15) is 0 Å². The van der Waals surface area contributed by atoms with E-state index in [9.17, 15) is 5.11 Å². The highest BCUT2D eigenvalue weighted by Gasteiger charge is 2.33. The van der Waals surface area contributed by atoms with Crippen LogP contribution in [-0.2, 0) is 0 Å². The van der Waals surface area contributed by atoms with Crippen LogP contribution < -0.4 is 5.32 Å². The van der Waals surface area contributed by atoms with Gasteiger partial charge in [-0.15, -0.1) is 0 Å². The Bertz CT molecular complexity index is 169. The largest absolute Gasteiger partial charge is 0.389 e. The zero-order valence-corrected chi connectivity index (χ0v) is 8.55. The van der Waals surface area contributed by atoms with Gasteiger partial charge in [-0.05, 0) is 44.4 Å². The predicted molar refractivity (Wildman–Crippen MR) is 53.6 cm³/mol. The highest BCUT2D eigenvalue weighted by molar-refractivity contribution is 4.90. The molecule has 0 aromatic heterocycles. The van der Waals surface area contributed by atoms with Crippen molar-refractivity contribution in [3.05, 3.63) is 0 Å². The Morgan fingerprint density at radius 3 is 2.38 bits per heavy atom. The Kier molecular flexibility index (Phi) is 2.61. The summed E-state index contributed by atoms with van der Waals surface area (Å²) in [5.74, 6) is 0.821. The van der Waals surface area contributed by atoms with Gasteiger partial charge in [0.2, 0.25) is 0 Å². The molecule has 76 valence electrons. The van der Waals surface area contributed by atoms with Crippen LogP contribution in [0.2, 0.25) is 0 Å². The Balaban J connectivity index is 1.74. The summed E-state index contributed by atoms with van der Waals surface area (Å²) in [4.78, 5) is 0. The molecule has 0 aromatic rings. The van der Waals surface area contributed by atoms with Crippen LogP contribution in [-0.4, -0.2) is 23.3 Å². The van der Waals surface area contributed by atoms with Crippen LogP contribution >= 0.6 is 0 Å². The first-order chi connectivity index (χ1) is 6.18. The second-order valence-electron chi connectivity index (χ2n) is 5.06. The van der Waals surface area contributed by atoms with Gasteiger partial charge in [-0.3, -0.25) is 0 Å². The third kappa shape index (κ3) is 2.68. The molecular weight excluding hydrogens is 162 g/mol. The van der Waals surface area contributed by atoms with E-state index in [1.54, 1.807) is 0 Å². The number of hydrogen-bond acceptors (Lipinski definition) is 2. The monoisotopic (exact) mass is 183 g/mol. The smallest absolute Gasteiger partial charge is 0.0771 e. The van der Waals surface area contributed by atoms with Crippen molar-refractivity contribution in [2.45, 2.75) is 57.1 Å². The summed E-state index contributed by atoms with van der Waals surface area (Å²) in [7, 11) is 0. The lowest BCUT2D eigenvalue weighted by Crippen LogP contribution is -2.43. The SMILES string of the molecule is CC1CCC(O)(CNC2CC2)CC1. The van der Waals surface area contributed by atoms with E-state index in [1.165, 1.54) is 25.7 Å². The Morgan fingerprint density at radius 1 is 1.23 bits per heavy atom. The number of aliphatic hydroxyl groups is 1. The first-order valence-corrected chi connectivity index (χ1v) is 5.64. The van der Waals surface area contributed by atoms with Gasteiger partial charge in [-0.25, -0.2) is 0 Å². The van der Waals surface area contributed by atoms with E-state index in [0.717, 1.165) is 31.3 Å². The van der Waals surface area contributed by atoms with Gasteiger partial charge in [0.15, 0.2) is 0 Å². The molecule has 2 N–H and O–H groups in total. The minimum Gasteiger partial charge on any atom is -0.389 e. The third-order valence-electron chi connectivity index (χ3n) is 3.50. The molecule has 0 heterocycles. The Hall–Kier alpha value is -0.0800. The average Bonchev–Trinajstić information content (AvgIpc) is 2.91. The molecule has 0 atom stereocenters. The van der Waals surface area contributed by atoms with Crippen molar-refractivity contribution in [3.63, 3.8) is 0 Å². The van der Waals surface area contributed by atoms with Gasteiger partial charge < -0.3 is 10.4 Å². The zero-order chi connectivity index (χ0) is 9.31. The van der Waals surface area contributed by atoms with Gasteiger partial charge in [0, 0.05) is 12.6 Å². The maximum absolute atomic E-state index is 10.2. The topological polar surface area (TPSA) is 32.3 Å². The number of hydrogen-bond donors (Lipinski definition) is 2. The van der Waals surface area contributed by atoms with Crippen molar-refractivity contribution in [2.24, 2.45) is 5.92 Å². The molecular formula is C11H21NO. The van der Waals surface area contributed by atoms with Crippen LogP contribution in [0, 0.1) is 5.92 Å². The molecule has 0 spiro atoms. The predicted octanol–water partition coefficient (Wildman–Crippen LogP) is 1.68. The third-order valence-corrected chi connectivity index (χ3v) is 3.50. The van der Waals surface area contributed by atoms with Gasteiger partial charge >= 0.3 is 0 Å². The Morgan fingerprint density at radius 2 is 1.85 bits per heavy atom. The van der Waals surface area contributed by atoms with E-state index < -0.39 is 0 Å². The van der Waals surface area contributed by atoms with Gasteiger partial charge in [0.25, 0.3) is 0 Å². The van der Waals surface area contributed by atoms with E-state index in [0.29, 0.717) is 0 Å². The van der Waals surface area contributed by atoms with Crippen molar-refractivity contribution in [2.75, 3.05) is 6.54 Å². The van der Waals surface area contributed by atoms with Crippen LogP contribution in [0.15, 0.2) is 0 Å². The molecule has 2 aliphatic rings. The highest BCUT2D eigenvalue weighted by Crippen LogP contribution is 2.32. The van der Waals surface area contributed by atoms with E-state index in [2.05, 4.69) is 12.2 Å². The Labute approximate surface area is 80.7 Å². The fraction of sp³-hybridized carbons (Fsp3) is 1.00. The molecule has 0 amide bonds. The molecule has 2 rings (SSSR count). The molecule has 0 unspecified atom stereocenters. The zero-order valence-electron chi connectivity index (χ0n) is 8.55. The van der Waals surface area contributed by atoms with Crippen molar-refractivity contribution in [3.8, 4) is 0 Å². The van der Waals surface area contributed by atoms with Crippen LogP contribution in [0.4, 0.5) is 0 Å². The van der Waals surface area contributed by atoms with E-state index in [-0.39, 0.29) is 5.60 Å². The second kappa shape index (κ2) is 3.58. The van der Waals surface area contributed by atoms with Crippen LogP contribution in [0.3, 0.4) is 0 Å². The first kappa shape index (κ1) is 9.47. The van der Waals surface area contributed by atoms with Crippen molar-refractivity contribution in [1.29, 1.82) is 0 Å². The van der Waals surface area contributed by atoms with Crippen molar-refractivity contribution >= 4 is 0 Å². The lowest BCUT2D eigenvalue weighted by Gasteiger charge is -2.35. The molecule has 0 radical (unpaired) electrons. The quantitative estimate of drug-likeness (QED) is 0.697. The maximum atomic E-state index is 10.2. The first-order valence-electron chi connectivity index (χ1n) is 5.64. The molecule has 0 bridgehead atoms. The van der Waals surface area contributed by atoms with Crippen LogP contribution in [0.25, 0.3) is 0 Å². The lowest BCUT2D eigenvalue weighted by atomic mass is 9.79. The standard InChI is InChI=1S/C11H21NO/c1-9-4-6-11(13,7-5-9)8-12-10-2-3-10/h9-10,12-13H,2-8H2,1H3. The molecule has 0 aliphatic heterocycles. The minimum atomic E-state index is -0.380. The molecule has 2 heteroatoms. The lowest BCUT2D eigenvalue weighted by molar-refractivity contribution is -0.00633. The maximum Gasteiger partial charge on any atom is 0.0771 e. The summed E-state index contributed by atoms with van der Waals surface area (Å²) < 4.78 is 0. The van der Waals surface area contributed by atoms with Crippen molar-refractivity contribution in [1.82, 2.24) is 5.32 Å². The summed E-state index contributed by atoms with van der Waals surface area (Å²) in [5, 5.41) is 13.6. The van der Waals surface area contributed by atoms with Crippen molar-refractivity contribution < 1.29 is 5.11 Å². The summed E-state index contributed by atoms with van der Waals surface area (Å²) in [6, 6.07) is 0.725. The second-order valence-corrected chi connectivity index (χ2v) is 5.06. The van der Waals surface area contributed by atoms with Gasteiger partial charge in [-0.1, -0.05) is 6.92 Å². The summed E-state index contributed by atoms with van der Waals surface area (Å²) in [6.07, 6.45) is 7.01. The molecule has 0 aromatic carbocycles. The summed E-state index contributed by atoms with van der Waals surface area (Å²) in [6.45, 7) is 3.11. The summed E-state index contributed by atoms with van der Waals surface area (Å²) in [5.41, 5.74) is -0.380. The average molecular weight is 183 g/mol. The number of rotatable bonds is 3. The molecule has 2 saturated carbocycles. The molecule has 2 fully saturated rings. The van der Waals surface area contributed by atoms with Gasteiger partial charge in [-0.2, -0.15) is 0 Å². The number of nitrogens with one attached hydrogen (secondary N) is 1. The molecule has 13 heavy (non-hydrogen) atoms. The van der Waals surface area contributed by atoms with Crippen LogP contribution in [0.1, 0.15) is 45.4 Å². The van der Waals surface area contributed by atoms with Gasteiger partial charge in [0.05, 0.1) is 5.60 Å². The summed E-state index contributed by atoms with van der Waals surface area (Å²) >= 11 is 0. The highest BCUT2D eigenvalue weighted by atomic mass is 16.3. The molecule has 2 aliphatic carbocycles. The van der Waals surface area contributed by atoms with E-state index in [4.69, 9.17) is 0 Å².